The fraction of sp³-hybridized carbons (Fsp3) is 0.375. The third-order valence-corrected chi connectivity index (χ3v) is 3.84. The van der Waals surface area contributed by atoms with Gasteiger partial charge < -0.3 is 10.2 Å². The van der Waals surface area contributed by atoms with Crippen molar-refractivity contribution in [2.45, 2.75) is 26.6 Å². The maximum Gasteiger partial charge on any atom is 0.416 e. The van der Waals surface area contributed by atoms with E-state index in [9.17, 15) is 13.2 Å². The first-order valence-corrected chi connectivity index (χ1v) is 7.34. The summed E-state index contributed by atoms with van der Waals surface area (Å²) < 4.78 is 39.7. The van der Waals surface area contributed by atoms with Gasteiger partial charge in [0.05, 0.1) is 16.9 Å². The van der Waals surface area contributed by atoms with Gasteiger partial charge in [-0.25, -0.2) is 0 Å². The van der Waals surface area contributed by atoms with E-state index in [1.54, 1.807) is 13.0 Å². The lowest BCUT2D eigenvalue weighted by Crippen LogP contribution is -2.35. The molecule has 1 aromatic carbocycles. The van der Waals surface area contributed by atoms with E-state index in [0.717, 1.165) is 23.0 Å². The van der Waals surface area contributed by atoms with Gasteiger partial charge in [0.1, 0.15) is 0 Å². The van der Waals surface area contributed by atoms with Gasteiger partial charge >= 0.3 is 6.18 Å². The number of halogens is 3. The second-order valence-electron chi connectivity index (χ2n) is 5.73. The monoisotopic (exact) mass is 322 g/mol. The number of fused-ring (bicyclic) bond motifs is 1. The number of benzene rings is 1. The van der Waals surface area contributed by atoms with E-state index in [0.29, 0.717) is 18.9 Å². The van der Waals surface area contributed by atoms with E-state index in [1.807, 2.05) is 17.9 Å². The first-order chi connectivity index (χ1) is 10.8. The summed E-state index contributed by atoms with van der Waals surface area (Å²) in [5, 5.41) is 11.2. The quantitative estimate of drug-likeness (QED) is 0.918. The van der Waals surface area contributed by atoms with Crippen LogP contribution in [-0.2, 0) is 12.7 Å². The van der Waals surface area contributed by atoms with Crippen LogP contribution in [0.15, 0.2) is 24.3 Å². The Balaban J connectivity index is 1.98. The summed E-state index contributed by atoms with van der Waals surface area (Å²) in [6.45, 7) is 5.04. The topological polar surface area (TPSA) is 41.0 Å². The minimum absolute atomic E-state index is 0.191. The molecule has 4 nitrogen and oxygen atoms in total. The van der Waals surface area contributed by atoms with Gasteiger partial charge in [0.25, 0.3) is 0 Å². The molecule has 1 N–H and O–H groups in total. The van der Waals surface area contributed by atoms with Crippen molar-refractivity contribution in [3.05, 3.63) is 46.6 Å². The van der Waals surface area contributed by atoms with Crippen LogP contribution in [-0.4, -0.2) is 23.3 Å². The van der Waals surface area contributed by atoms with E-state index in [1.165, 1.54) is 6.07 Å². The van der Waals surface area contributed by atoms with Crippen molar-refractivity contribution < 1.29 is 13.2 Å². The molecule has 0 bridgehead atoms. The van der Waals surface area contributed by atoms with Crippen molar-refractivity contribution in [1.82, 2.24) is 10.2 Å². The fourth-order valence-corrected chi connectivity index (χ4v) is 2.77. The summed E-state index contributed by atoms with van der Waals surface area (Å²) >= 11 is 0. The lowest BCUT2D eigenvalue weighted by Gasteiger charge is -2.32. The summed E-state index contributed by atoms with van der Waals surface area (Å²) in [6, 6.07) is 6.10. The molecule has 0 aliphatic carbocycles. The minimum atomic E-state index is -4.35. The molecule has 0 saturated heterocycles. The van der Waals surface area contributed by atoms with Gasteiger partial charge in [-0.05, 0) is 31.5 Å². The summed E-state index contributed by atoms with van der Waals surface area (Å²) in [5.41, 5.74) is 2.03. The van der Waals surface area contributed by atoms with Crippen LogP contribution >= 0.6 is 0 Å². The predicted octanol–water partition coefficient (Wildman–Crippen LogP) is 3.54. The number of aromatic nitrogens is 2. The van der Waals surface area contributed by atoms with Gasteiger partial charge in [0.2, 0.25) is 0 Å². The highest BCUT2D eigenvalue weighted by atomic mass is 19.4. The summed E-state index contributed by atoms with van der Waals surface area (Å²) in [4.78, 5) is 1.91. The summed E-state index contributed by atoms with van der Waals surface area (Å²) in [7, 11) is 0. The predicted molar refractivity (Wildman–Crippen MR) is 82.5 cm³/mol. The Hall–Kier alpha value is -2.31. The van der Waals surface area contributed by atoms with Gasteiger partial charge in [-0.1, -0.05) is 17.7 Å². The van der Waals surface area contributed by atoms with Crippen LogP contribution in [0.25, 0.3) is 0 Å². The zero-order valence-corrected chi connectivity index (χ0v) is 12.9. The zero-order chi connectivity index (χ0) is 16.6. The molecule has 0 saturated carbocycles. The summed E-state index contributed by atoms with van der Waals surface area (Å²) in [6.07, 6.45) is -4.35. The second kappa shape index (κ2) is 5.72. The van der Waals surface area contributed by atoms with E-state index in [2.05, 4.69) is 15.5 Å². The first-order valence-electron chi connectivity index (χ1n) is 7.34. The van der Waals surface area contributed by atoms with Crippen molar-refractivity contribution >= 4 is 11.5 Å². The zero-order valence-electron chi connectivity index (χ0n) is 12.9. The molecule has 2 heterocycles. The van der Waals surface area contributed by atoms with Crippen molar-refractivity contribution in [2.75, 3.05) is 23.3 Å². The average molecular weight is 322 g/mol. The third kappa shape index (κ3) is 3.23. The van der Waals surface area contributed by atoms with Gasteiger partial charge in [-0.2, -0.15) is 18.3 Å². The minimum Gasteiger partial charge on any atom is -0.365 e. The molecule has 122 valence electrons. The standard InChI is InChI=1S/C16H17F3N4/c1-10-3-4-13(16(17,18)19)12(7-10)9-23-6-5-20-15-14(23)8-11(2)21-22-15/h3-4,7-8H,5-6,9H2,1-2H3,(H,20,22). The highest BCUT2D eigenvalue weighted by Crippen LogP contribution is 2.35. The molecule has 3 rings (SSSR count). The lowest BCUT2D eigenvalue weighted by atomic mass is 10.0. The van der Waals surface area contributed by atoms with Crippen LogP contribution < -0.4 is 10.2 Å². The molecule has 1 aliphatic rings. The number of hydrogen-bond donors (Lipinski definition) is 1. The van der Waals surface area contributed by atoms with Crippen molar-refractivity contribution in [1.29, 1.82) is 0 Å². The molecule has 0 amide bonds. The SMILES string of the molecule is Cc1ccc(C(F)(F)F)c(CN2CCNc3nnc(C)cc32)c1. The fourth-order valence-electron chi connectivity index (χ4n) is 2.77. The molecule has 0 spiro atoms. The smallest absolute Gasteiger partial charge is 0.365 e. The molecule has 0 fully saturated rings. The highest BCUT2D eigenvalue weighted by Gasteiger charge is 2.34. The normalized spacial score (nSPS) is 14.4. The molecule has 7 heteroatoms. The number of rotatable bonds is 2. The van der Waals surface area contributed by atoms with Crippen LogP contribution in [0.5, 0.6) is 0 Å². The molecule has 2 aromatic rings. The van der Waals surface area contributed by atoms with Crippen LogP contribution in [0.4, 0.5) is 24.7 Å². The molecule has 0 unspecified atom stereocenters. The Kier molecular flexibility index (Phi) is 3.87. The van der Waals surface area contributed by atoms with Gasteiger partial charge in [-0.15, -0.1) is 5.10 Å². The van der Waals surface area contributed by atoms with Gasteiger partial charge in [0, 0.05) is 19.6 Å². The molecular formula is C16H17F3N4. The number of anilines is 2. The number of hydrogen-bond acceptors (Lipinski definition) is 4. The van der Waals surface area contributed by atoms with Crippen molar-refractivity contribution in [3.8, 4) is 0 Å². The Labute approximate surface area is 132 Å². The van der Waals surface area contributed by atoms with E-state index in [4.69, 9.17) is 0 Å². The Morgan fingerprint density at radius 1 is 1.17 bits per heavy atom. The lowest BCUT2D eigenvalue weighted by molar-refractivity contribution is -0.138. The maximum atomic E-state index is 13.2. The Morgan fingerprint density at radius 3 is 2.70 bits per heavy atom. The van der Waals surface area contributed by atoms with Crippen LogP contribution in [0.2, 0.25) is 0 Å². The highest BCUT2D eigenvalue weighted by molar-refractivity contribution is 5.68. The maximum absolute atomic E-state index is 13.2. The van der Waals surface area contributed by atoms with E-state index < -0.39 is 11.7 Å². The van der Waals surface area contributed by atoms with Crippen LogP contribution in [0.3, 0.4) is 0 Å². The molecular weight excluding hydrogens is 305 g/mol. The number of nitrogens with zero attached hydrogens (tertiary/aromatic N) is 3. The van der Waals surface area contributed by atoms with Crippen molar-refractivity contribution in [2.24, 2.45) is 0 Å². The Bertz CT molecular complexity index is 728. The van der Waals surface area contributed by atoms with Crippen LogP contribution in [0, 0.1) is 13.8 Å². The number of aryl methyl sites for hydroxylation is 2. The molecule has 23 heavy (non-hydrogen) atoms. The number of nitrogens with one attached hydrogen (secondary N) is 1. The average Bonchev–Trinajstić information content (AvgIpc) is 2.46. The van der Waals surface area contributed by atoms with Crippen LogP contribution in [0.1, 0.15) is 22.4 Å². The summed E-state index contributed by atoms with van der Waals surface area (Å²) in [5.74, 6) is 0.614. The molecule has 0 radical (unpaired) electrons. The van der Waals surface area contributed by atoms with Gasteiger partial charge in [-0.3, -0.25) is 0 Å². The molecule has 1 aliphatic heterocycles. The second-order valence-corrected chi connectivity index (χ2v) is 5.73. The van der Waals surface area contributed by atoms with Crippen molar-refractivity contribution in [3.63, 3.8) is 0 Å². The molecule has 1 aromatic heterocycles. The molecule has 0 atom stereocenters. The van der Waals surface area contributed by atoms with E-state index >= 15 is 0 Å². The van der Waals surface area contributed by atoms with E-state index in [-0.39, 0.29) is 12.1 Å². The largest absolute Gasteiger partial charge is 0.416 e. The Morgan fingerprint density at radius 2 is 1.96 bits per heavy atom. The third-order valence-electron chi connectivity index (χ3n) is 3.84. The first kappa shape index (κ1) is 15.6. The number of alkyl halides is 3. The van der Waals surface area contributed by atoms with Gasteiger partial charge in [0.15, 0.2) is 5.82 Å².